The lowest BCUT2D eigenvalue weighted by molar-refractivity contribution is 0.138. The molecule has 0 amide bonds. The topological polar surface area (TPSA) is 18.5 Å². The summed E-state index contributed by atoms with van der Waals surface area (Å²) in [7, 11) is 1.69. The highest BCUT2D eigenvalue weighted by molar-refractivity contribution is 5.28. The molecular weight excluding hydrogens is 176 g/mol. The van der Waals surface area contributed by atoms with Crippen LogP contribution in [0.4, 0.5) is 0 Å². The highest BCUT2D eigenvalue weighted by Gasteiger charge is 1.95. The fourth-order valence-electron chi connectivity index (χ4n) is 1.26. The second-order valence-corrected chi connectivity index (χ2v) is 3.21. The summed E-state index contributed by atoms with van der Waals surface area (Å²) in [5, 5.41) is 0. The van der Waals surface area contributed by atoms with Crippen LogP contribution in [0.1, 0.15) is 18.9 Å². The standard InChI is InChI=1S/C12H18O2/c1-3-8-14-9-7-11-5-4-6-12(10-11)13-2/h4-6,10H,3,7-9H2,1-2H3. The zero-order valence-corrected chi connectivity index (χ0v) is 8.95. The van der Waals surface area contributed by atoms with E-state index in [0.717, 1.165) is 31.8 Å². The summed E-state index contributed by atoms with van der Waals surface area (Å²) >= 11 is 0. The monoisotopic (exact) mass is 194 g/mol. The average molecular weight is 194 g/mol. The van der Waals surface area contributed by atoms with Crippen LogP contribution in [0.5, 0.6) is 5.75 Å². The van der Waals surface area contributed by atoms with Gasteiger partial charge in [-0.15, -0.1) is 0 Å². The number of rotatable bonds is 6. The highest BCUT2D eigenvalue weighted by Crippen LogP contribution is 2.12. The second kappa shape index (κ2) is 6.44. The molecule has 0 heterocycles. The largest absolute Gasteiger partial charge is 0.497 e. The maximum absolute atomic E-state index is 5.42. The van der Waals surface area contributed by atoms with Crippen LogP contribution in [0.2, 0.25) is 0 Å². The fourth-order valence-corrected chi connectivity index (χ4v) is 1.26. The van der Waals surface area contributed by atoms with E-state index < -0.39 is 0 Å². The molecule has 0 saturated heterocycles. The SMILES string of the molecule is CCCOCCc1cccc(OC)c1. The van der Waals surface area contributed by atoms with E-state index in [2.05, 4.69) is 19.1 Å². The molecule has 0 atom stereocenters. The molecular formula is C12H18O2. The third kappa shape index (κ3) is 3.79. The van der Waals surface area contributed by atoms with Crippen molar-refractivity contribution in [1.29, 1.82) is 0 Å². The Bertz CT molecular complexity index is 258. The van der Waals surface area contributed by atoms with Crippen molar-refractivity contribution < 1.29 is 9.47 Å². The summed E-state index contributed by atoms with van der Waals surface area (Å²) in [6.45, 7) is 3.76. The molecule has 0 N–H and O–H groups in total. The first kappa shape index (κ1) is 11.1. The predicted molar refractivity (Wildman–Crippen MR) is 57.8 cm³/mol. The van der Waals surface area contributed by atoms with Crippen LogP contribution in [-0.2, 0) is 11.2 Å². The van der Waals surface area contributed by atoms with Crippen molar-refractivity contribution in [3.05, 3.63) is 29.8 Å². The lowest BCUT2D eigenvalue weighted by Gasteiger charge is -2.04. The molecule has 0 bridgehead atoms. The third-order valence-electron chi connectivity index (χ3n) is 2.02. The minimum Gasteiger partial charge on any atom is -0.497 e. The Kier molecular flexibility index (Phi) is 5.08. The maximum atomic E-state index is 5.42. The van der Waals surface area contributed by atoms with Gasteiger partial charge in [-0.2, -0.15) is 0 Å². The molecule has 78 valence electrons. The molecule has 14 heavy (non-hydrogen) atoms. The Labute approximate surface area is 85.8 Å². The van der Waals surface area contributed by atoms with Crippen LogP contribution in [0, 0.1) is 0 Å². The molecule has 2 nitrogen and oxygen atoms in total. The van der Waals surface area contributed by atoms with Gasteiger partial charge in [-0.3, -0.25) is 0 Å². The van der Waals surface area contributed by atoms with E-state index in [1.807, 2.05) is 12.1 Å². The van der Waals surface area contributed by atoms with Gasteiger partial charge in [0.05, 0.1) is 13.7 Å². The molecule has 0 saturated carbocycles. The molecule has 0 unspecified atom stereocenters. The van der Waals surface area contributed by atoms with Crippen LogP contribution >= 0.6 is 0 Å². The first-order valence-corrected chi connectivity index (χ1v) is 5.07. The van der Waals surface area contributed by atoms with E-state index >= 15 is 0 Å². The van der Waals surface area contributed by atoms with Crippen LogP contribution in [-0.4, -0.2) is 20.3 Å². The van der Waals surface area contributed by atoms with Gasteiger partial charge in [0, 0.05) is 6.61 Å². The fraction of sp³-hybridized carbons (Fsp3) is 0.500. The second-order valence-electron chi connectivity index (χ2n) is 3.21. The van der Waals surface area contributed by atoms with Gasteiger partial charge in [-0.25, -0.2) is 0 Å². The van der Waals surface area contributed by atoms with Gasteiger partial charge in [-0.1, -0.05) is 19.1 Å². The highest BCUT2D eigenvalue weighted by atomic mass is 16.5. The summed E-state index contributed by atoms with van der Waals surface area (Å²) in [4.78, 5) is 0. The number of ether oxygens (including phenoxy) is 2. The summed E-state index contributed by atoms with van der Waals surface area (Å²) in [6, 6.07) is 8.11. The molecule has 0 aliphatic rings. The molecule has 1 aromatic rings. The quantitative estimate of drug-likeness (QED) is 0.648. The Morgan fingerprint density at radius 1 is 1.21 bits per heavy atom. The van der Waals surface area contributed by atoms with Gasteiger partial charge >= 0.3 is 0 Å². The van der Waals surface area contributed by atoms with Gasteiger partial charge in [0.2, 0.25) is 0 Å². The third-order valence-corrected chi connectivity index (χ3v) is 2.02. The van der Waals surface area contributed by atoms with Gasteiger partial charge in [0.25, 0.3) is 0 Å². The van der Waals surface area contributed by atoms with Crippen molar-refractivity contribution >= 4 is 0 Å². The zero-order valence-electron chi connectivity index (χ0n) is 8.95. The summed E-state index contributed by atoms with van der Waals surface area (Å²) in [5.74, 6) is 0.915. The van der Waals surface area contributed by atoms with Crippen molar-refractivity contribution in [2.75, 3.05) is 20.3 Å². The molecule has 0 radical (unpaired) electrons. The van der Waals surface area contributed by atoms with Crippen molar-refractivity contribution in [2.24, 2.45) is 0 Å². The van der Waals surface area contributed by atoms with Gasteiger partial charge in [0.1, 0.15) is 5.75 Å². The van der Waals surface area contributed by atoms with Crippen LogP contribution in [0.3, 0.4) is 0 Å². The van der Waals surface area contributed by atoms with E-state index in [0.29, 0.717) is 0 Å². The average Bonchev–Trinajstić information content (AvgIpc) is 2.25. The summed E-state index contributed by atoms with van der Waals surface area (Å²) in [6.07, 6.45) is 2.04. The van der Waals surface area contributed by atoms with Gasteiger partial charge < -0.3 is 9.47 Å². The Morgan fingerprint density at radius 3 is 2.79 bits per heavy atom. The summed E-state index contributed by atoms with van der Waals surface area (Å²) < 4.78 is 10.6. The number of methoxy groups -OCH3 is 1. The van der Waals surface area contributed by atoms with Crippen molar-refractivity contribution in [2.45, 2.75) is 19.8 Å². The lowest BCUT2D eigenvalue weighted by Crippen LogP contribution is -1.99. The number of hydrogen-bond donors (Lipinski definition) is 0. The maximum Gasteiger partial charge on any atom is 0.119 e. The van der Waals surface area contributed by atoms with E-state index in [1.54, 1.807) is 7.11 Å². The van der Waals surface area contributed by atoms with E-state index in [1.165, 1.54) is 5.56 Å². The molecule has 0 fully saturated rings. The molecule has 0 aromatic heterocycles. The molecule has 0 aliphatic carbocycles. The smallest absolute Gasteiger partial charge is 0.119 e. The summed E-state index contributed by atoms with van der Waals surface area (Å²) in [5.41, 5.74) is 1.26. The van der Waals surface area contributed by atoms with E-state index in [9.17, 15) is 0 Å². The molecule has 1 rings (SSSR count). The molecule has 0 aliphatic heterocycles. The van der Waals surface area contributed by atoms with E-state index in [4.69, 9.17) is 9.47 Å². The normalized spacial score (nSPS) is 10.1. The van der Waals surface area contributed by atoms with Crippen molar-refractivity contribution in [3.63, 3.8) is 0 Å². The molecule has 2 heteroatoms. The van der Waals surface area contributed by atoms with Crippen LogP contribution < -0.4 is 4.74 Å². The first-order valence-electron chi connectivity index (χ1n) is 5.07. The van der Waals surface area contributed by atoms with Crippen LogP contribution in [0.25, 0.3) is 0 Å². The van der Waals surface area contributed by atoms with Gasteiger partial charge in [0.15, 0.2) is 0 Å². The Morgan fingerprint density at radius 2 is 2.07 bits per heavy atom. The lowest BCUT2D eigenvalue weighted by atomic mass is 10.1. The van der Waals surface area contributed by atoms with E-state index in [-0.39, 0.29) is 0 Å². The number of hydrogen-bond acceptors (Lipinski definition) is 2. The van der Waals surface area contributed by atoms with Crippen molar-refractivity contribution in [3.8, 4) is 5.75 Å². The molecule has 0 spiro atoms. The minimum atomic E-state index is 0.793. The van der Waals surface area contributed by atoms with Gasteiger partial charge in [-0.05, 0) is 30.5 Å². The number of benzene rings is 1. The van der Waals surface area contributed by atoms with Crippen LogP contribution in [0.15, 0.2) is 24.3 Å². The Balaban J connectivity index is 2.34. The first-order chi connectivity index (χ1) is 6.86. The molecule has 1 aromatic carbocycles. The Hall–Kier alpha value is -1.02. The zero-order chi connectivity index (χ0) is 10.2. The minimum absolute atomic E-state index is 0.793. The predicted octanol–water partition coefficient (Wildman–Crippen LogP) is 2.66. The van der Waals surface area contributed by atoms with Crippen molar-refractivity contribution in [1.82, 2.24) is 0 Å².